The van der Waals surface area contributed by atoms with Crippen LogP contribution in [0.2, 0.25) is 0 Å². The molecule has 2 heterocycles. The van der Waals surface area contributed by atoms with Crippen molar-refractivity contribution >= 4 is 16.9 Å². The van der Waals surface area contributed by atoms with E-state index in [0.29, 0.717) is 17.6 Å². The fourth-order valence-corrected chi connectivity index (χ4v) is 3.69. The highest BCUT2D eigenvalue weighted by Crippen LogP contribution is 2.24. The van der Waals surface area contributed by atoms with E-state index in [2.05, 4.69) is 10.3 Å². The van der Waals surface area contributed by atoms with E-state index in [1.807, 2.05) is 79.1 Å². The molecule has 1 N–H and O–H groups in total. The number of aryl methyl sites for hydroxylation is 1. The van der Waals surface area contributed by atoms with Crippen LogP contribution in [-0.4, -0.2) is 26.6 Å². The number of nitrogens with zero attached hydrogens (tertiary/aromatic N) is 3. The summed E-state index contributed by atoms with van der Waals surface area (Å²) < 4.78 is 3.36. The standard InChI is InChI=1S/C24H24N4O2/c1-17-18(2)28(20-11-7-4-8-12-20)23-22(17)24(30)27(16-26-23)15-21(29)25-14-13-19-9-5-3-6-10-19/h3-12,16H,13-15H2,1-2H3,(H,25,29). The molecule has 0 bridgehead atoms. The molecule has 0 unspecified atom stereocenters. The fourth-order valence-electron chi connectivity index (χ4n) is 3.69. The van der Waals surface area contributed by atoms with Crippen molar-refractivity contribution in [3.8, 4) is 5.69 Å². The summed E-state index contributed by atoms with van der Waals surface area (Å²) in [5.41, 5.74) is 4.37. The second-order valence-electron chi connectivity index (χ2n) is 7.34. The van der Waals surface area contributed by atoms with E-state index in [9.17, 15) is 9.59 Å². The predicted octanol–water partition coefficient (Wildman–Crippen LogP) is 3.16. The van der Waals surface area contributed by atoms with Crippen molar-refractivity contribution in [2.45, 2.75) is 26.8 Å². The molecule has 4 rings (SSSR count). The molecule has 30 heavy (non-hydrogen) atoms. The monoisotopic (exact) mass is 400 g/mol. The minimum atomic E-state index is -0.203. The van der Waals surface area contributed by atoms with Crippen LogP contribution in [0.1, 0.15) is 16.8 Å². The van der Waals surface area contributed by atoms with Gasteiger partial charge < -0.3 is 5.32 Å². The summed E-state index contributed by atoms with van der Waals surface area (Å²) in [5.74, 6) is -0.203. The molecule has 0 saturated heterocycles. The summed E-state index contributed by atoms with van der Waals surface area (Å²) in [7, 11) is 0. The van der Waals surface area contributed by atoms with Crippen LogP contribution in [0.15, 0.2) is 71.8 Å². The van der Waals surface area contributed by atoms with E-state index >= 15 is 0 Å². The van der Waals surface area contributed by atoms with Crippen molar-refractivity contribution in [3.63, 3.8) is 0 Å². The van der Waals surface area contributed by atoms with Crippen LogP contribution < -0.4 is 10.9 Å². The Morgan fingerprint density at radius 3 is 2.37 bits per heavy atom. The number of hydrogen-bond acceptors (Lipinski definition) is 3. The summed E-state index contributed by atoms with van der Waals surface area (Å²) >= 11 is 0. The molecular weight excluding hydrogens is 376 g/mol. The summed E-state index contributed by atoms with van der Waals surface area (Å²) in [6, 6.07) is 19.8. The van der Waals surface area contributed by atoms with Gasteiger partial charge in [0.05, 0.1) is 5.39 Å². The van der Waals surface area contributed by atoms with Gasteiger partial charge in [-0.1, -0.05) is 48.5 Å². The molecule has 6 nitrogen and oxygen atoms in total. The molecule has 0 saturated carbocycles. The number of hydrogen-bond donors (Lipinski definition) is 1. The first-order chi connectivity index (χ1) is 14.6. The van der Waals surface area contributed by atoms with Gasteiger partial charge in [0, 0.05) is 17.9 Å². The van der Waals surface area contributed by atoms with Gasteiger partial charge >= 0.3 is 0 Å². The predicted molar refractivity (Wildman–Crippen MR) is 118 cm³/mol. The van der Waals surface area contributed by atoms with E-state index in [1.165, 1.54) is 10.9 Å². The Kier molecular flexibility index (Phi) is 5.48. The third-order valence-electron chi connectivity index (χ3n) is 5.39. The van der Waals surface area contributed by atoms with Crippen LogP contribution in [0.25, 0.3) is 16.7 Å². The zero-order chi connectivity index (χ0) is 21.1. The smallest absolute Gasteiger partial charge is 0.263 e. The Labute approximate surface area is 174 Å². The number of benzene rings is 2. The quantitative estimate of drug-likeness (QED) is 0.541. The van der Waals surface area contributed by atoms with E-state index in [-0.39, 0.29) is 18.0 Å². The topological polar surface area (TPSA) is 68.9 Å². The third kappa shape index (κ3) is 3.76. The van der Waals surface area contributed by atoms with E-state index in [1.54, 1.807) is 0 Å². The maximum atomic E-state index is 13.1. The van der Waals surface area contributed by atoms with Gasteiger partial charge in [-0.15, -0.1) is 0 Å². The van der Waals surface area contributed by atoms with Crippen LogP contribution >= 0.6 is 0 Å². The molecular formula is C24H24N4O2. The zero-order valence-electron chi connectivity index (χ0n) is 17.1. The van der Waals surface area contributed by atoms with Crippen LogP contribution in [0.3, 0.4) is 0 Å². The van der Waals surface area contributed by atoms with Crippen LogP contribution in [0.4, 0.5) is 0 Å². The molecule has 0 aliphatic rings. The minimum Gasteiger partial charge on any atom is -0.354 e. The Morgan fingerprint density at radius 1 is 1.00 bits per heavy atom. The number of carbonyl (C=O) groups is 1. The van der Waals surface area contributed by atoms with Gasteiger partial charge in [-0.3, -0.25) is 18.7 Å². The Balaban J connectivity index is 1.56. The van der Waals surface area contributed by atoms with Crippen molar-refractivity contribution in [3.05, 3.63) is 94.2 Å². The number of carbonyl (C=O) groups excluding carboxylic acids is 1. The number of para-hydroxylation sites is 1. The maximum absolute atomic E-state index is 13.1. The lowest BCUT2D eigenvalue weighted by Crippen LogP contribution is -2.33. The van der Waals surface area contributed by atoms with Crippen molar-refractivity contribution in [1.82, 2.24) is 19.4 Å². The van der Waals surface area contributed by atoms with Crippen molar-refractivity contribution in [2.24, 2.45) is 0 Å². The molecule has 0 aliphatic heterocycles. The number of fused-ring (bicyclic) bond motifs is 1. The molecule has 0 atom stereocenters. The number of aromatic nitrogens is 3. The summed E-state index contributed by atoms with van der Waals surface area (Å²) in [5, 5.41) is 3.43. The number of amides is 1. The highest BCUT2D eigenvalue weighted by molar-refractivity contribution is 5.83. The molecule has 6 heteroatoms. The average molecular weight is 400 g/mol. The molecule has 2 aromatic carbocycles. The number of rotatable bonds is 6. The molecule has 4 aromatic rings. The van der Waals surface area contributed by atoms with Gasteiger partial charge in [0.1, 0.15) is 12.9 Å². The van der Waals surface area contributed by atoms with Gasteiger partial charge in [0.25, 0.3) is 5.56 Å². The van der Waals surface area contributed by atoms with Gasteiger partial charge in [-0.2, -0.15) is 0 Å². The minimum absolute atomic E-state index is 0.0500. The first-order valence-electron chi connectivity index (χ1n) is 9.99. The molecule has 0 aliphatic carbocycles. The SMILES string of the molecule is Cc1c(C)n(-c2ccccc2)c2ncn(CC(=O)NCCc3ccccc3)c(=O)c12. The Hall–Kier alpha value is -3.67. The fraction of sp³-hybridized carbons (Fsp3) is 0.208. The lowest BCUT2D eigenvalue weighted by atomic mass is 10.1. The summed E-state index contributed by atoms with van der Waals surface area (Å²) in [6.07, 6.45) is 2.21. The first-order valence-corrected chi connectivity index (χ1v) is 9.99. The normalized spacial score (nSPS) is 11.0. The Bertz CT molecular complexity index is 1240. The lowest BCUT2D eigenvalue weighted by molar-refractivity contribution is -0.121. The van der Waals surface area contributed by atoms with E-state index in [4.69, 9.17) is 0 Å². The van der Waals surface area contributed by atoms with Crippen LogP contribution in [-0.2, 0) is 17.8 Å². The lowest BCUT2D eigenvalue weighted by Gasteiger charge is -2.09. The largest absolute Gasteiger partial charge is 0.354 e. The van der Waals surface area contributed by atoms with Gasteiger partial charge in [-0.25, -0.2) is 4.98 Å². The number of nitrogens with one attached hydrogen (secondary N) is 1. The van der Waals surface area contributed by atoms with Gasteiger partial charge in [-0.05, 0) is 43.5 Å². The second-order valence-corrected chi connectivity index (χ2v) is 7.34. The molecule has 2 aromatic heterocycles. The van der Waals surface area contributed by atoms with Gasteiger partial charge in [0.15, 0.2) is 5.65 Å². The van der Waals surface area contributed by atoms with Crippen molar-refractivity contribution in [2.75, 3.05) is 6.54 Å². The van der Waals surface area contributed by atoms with E-state index in [0.717, 1.165) is 28.9 Å². The van der Waals surface area contributed by atoms with Crippen molar-refractivity contribution in [1.29, 1.82) is 0 Å². The van der Waals surface area contributed by atoms with Gasteiger partial charge in [0.2, 0.25) is 5.91 Å². The molecule has 0 fully saturated rings. The average Bonchev–Trinajstić information content (AvgIpc) is 3.02. The molecule has 1 amide bonds. The summed E-state index contributed by atoms with van der Waals surface area (Å²) in [4.78, 5) is 30.0. The summed E-state index contributed by atoms with van der Waals surface area (Å²) in [6.45, 7) is 4.37. The zero-order valence-corrected chi connectivity index (χ0v) is 17.1. The molecule has 152 valence electrons. The third-order valence-corrected chi connectivity index (χ3v) is 5.39. The van der Waals surface area contributed by atoms with Crippen LogP contribution in [0.5, 0.6) is 0 Å². The second kappa shape index (κ2) is 8.37. The molecule has 0 radical (unpaired) electrons. The van der Waals surface area contributed by atoms with Crippen molar-refractivity contribution < 1.29 is 4.79 Å². The highest BCUT2D eigenvalue weighted by atomic mass is 16.2. The van der Waals surface area contributed by atoms with E-state index < -0.39 is 0 Å². The Morgan fingerprint density at radius 2 is 1.67 bits per heavy atom. The maximum Gasteiger partial charge on any atom is 0.263 e. The first kappa shape index (κ1) is 19.6. The highest BCUT2D eigenvalue weighted by Gasteiger charge is 2.18. The molecule has 0 spiro atoms. The van der Waals surface area contributed by atoms with Crippen LogP contribution in [0, 0.1) is 13.8 Å².